The van der Waals surface area contributed by atoms with Crippen LogP contribution in [0.4, 0.5) is 0 Å². The molecule has 1 aliphatic carbocycles. The molecular weight excluding hydrogens is 438 g/mol. The Morgan fingerprint density at radius 1 is 0.970 bits per heavy atom. The van der Waals surface area contributed by atoms with Crippen molar-refractivity contribution in [2.75, 3.05) is 13.2 Å². The number of esters is 1. The van der Waals surface area contributed by atoms with Crippen LogP contribution in [0.25, 0.3) is 0 Å². The number of benzene rings is 2. The van der Waals surface area contributed by atoms with Crippen LogP contribution in [0, 0.1) is 5.92 Å². The van der Waals surface area contributed by atoms with E-state index < -0.39 is 17.8 Å². The van der Waals surface area contributed by atoms with Gasteiger partial charge in [-0.15, -0.1) is 0 Å². The molecule has 3 atom stereocenters. The average Bonchev–Trinajstić information content (AvgIpc) is 2.79. The maximum absolute atomic E-state index is 13.6. The van der Waals surface area contributed by atoms with Crippen LogP contribution < -0.4 is 4.74 Å². The third-order valence-corrected chi connectivity index (χ3v) is 6.59. The summed E-state index contributed by atoms with van der Waals surface area (Å²) in [4.78, 5) is 31.3. The lowest BCUT2D eigenvalue weighted by Crippen LogP contribution is -2.41. The number of allylic oxidation sites excluding steroid dienone is 1. The minimum absolute atomic E-state index is 0.0442. The molecule has 1 fully saturated rings. The van der Waals surface area contributed by atoms with Crippen molar-refractivity contribution in [1.29, 1.82) is 0 Å². The van der Waals surface area contributed by atoms with E-state index in [0.29, 0.717) is 35.7 Å². The topological polar surface area (TPSA) is 65.0 Å². The maximum Gasteiger partial charge on any atom is 0.336 e. The molecule has 0 amide bonds. The summed E-state index contributed by atoms with van der Waals surface area (Å²) in [6.07, 6.45) is 1.06. The first-order chi connectivity index (χ1) is 15.9. The Balaban J connectivity index is 1.75. The number of hydrogen-bond acceptors (Lipinski definition) is 5. The number of ketones is 1. The van der Waals surface area contributed by atoms with Crippen LogP contribution in [0.2, 0.25) is 5.02 Å². The van der Waals surface area contributed by atoms with Gasteiger partial charge >= 0.3 is 5.97 Å². The van der Waals surface area contributed by atoms with E-state index in [-0.39, 0.29) is 18.3 Å². The van der Waals surface area contributed by atoms with Gasteiger partial charge in [0.1, 0.15) is 11.5 Å². The zero-order valence-electron chi connectivity index (χ0n) is 19.1. The van der Waals surface area contributed by atoms with Crippen molar-refractivity contribution in [2.24, 2.45) is 10.9 Å². The normalized spacial score (nSPS) is 22.5. The molecule has 2 aromatic carbocycles. The van der Waals surface area contributed by atoms with Crippen molar-refractivity contribution in [2.45, 2.75) is 45.4 Å². The van der Waals surface area contributed by atoms with Crippen molar-refractivity contribution in [3.05, 3.63) is 76.0 Å². The van der Waals surface area contributed by atoms with Crippen LogP contribution in [0.15, 0.2) is 64.8 Å². The van der Waals surface area contributed by atoms with Crippen molar-refractivity contribution < 1.29 is 19.1 Å². The summed E-state index contributed by atoms with van der Waals surface area (Å²) < 4.78 is 10.9. The SMILES string of the molecule is CCOC(=O)C1=C(C)N=C2C[C@@H](c3ccc(Cl)cc3)CC(=O)C2[C@H]1c1ccc(OCC)cc1. The monoisotopic (exact) mass is 465 g/mol. The van der Waals surface area contributed by atoms with Crippen molar-refractivity contribution in [3.8, 4) is 5.75 Å². The Morgan fingerprint density at radius 3 is 2.27 bits per heavy atom. The molecule has 2 aromatic rings. The third kappa shape index (κ3) is 4.74. The number of nitrogens with zero attached hydrogens (tertiary/aromatic N) is 1. The molecule has 1 aliphatic heterocycles. The molecule has 0 bridgehead atoms. The molecule has 0 radical (unpaired) electrons. The molecule has 0 N–H and O–H groups in total. The van der Waals surface area contributed by atoms with E-state index in [4.69, 9.17) is 26.1 Å². The summed E-state index contributed by atoms with van der Waals surface area (Å²) >= 11 is 6.05. The summed E-state index contributed by atoms with van der Waals surface area (Å²) in [6.45, 7) is 6.37. The van der Waals surface area contributed by atoms with Gasteiger partial charge in [-0.3, -0.25) is 9.79 Å². The number of carbonyl (C=O) groups excluding carboxylic acids is 2. The van der Waals surface area contributed by atoms with Gasteiger partial charge in [-0.25, -0.2) is 4.79 Å². The molecule has 0 saturated heterocycles. The van der Waals surface area contributed by atoms with Gasteiger partial charge < -0.3 is 9.47 Å². The Hall–Kier alpha value is -2.92. The fourth-order valence-corrected chi connectivity index (χ4v) is 5.05. The summed E-state index contributed by atoms with van der Waals surface area (Å²) in [5.41, 5.74) is 3.87. The molecule has 1 heterocycles. The predicted molar refractivity (Wildman–Crippen MR) is 129 cm³/mol. The molecule has 5 nitrogen and oxygen atoms in total. The molecule has 1 unspecified atom stereocenters. The first-order valence-electron chi connectivity index (χ1n) is 11.4. The fraction of sp³-hybridized carbons (Fsp3) is 0.370. The second kappa shape index (κ2) is 9.92. The molecule has 1 saturated carbocycles. The van der Waals surface area contributed by atoms with E-state index >= 15 is 0 Å². The maximum atomic E-state index is 13.6. The molecule has 0 spiro atoms. The van der Waals surface area contributed by atoms with E-state index in [1.165, 1.54) is 0 Å². The number of fused-ring (bicyclic) bond motifs is 1. The van der Waals surface area contributed by atoms with Gasteiger partial charge in [0.2, 0.25) is 0 Å². The summed E-state index contributed by atoms with van der Waals surface area (Å²) in [7, 11) is 0. The molecule has 0 aromatic heterocycles. The number of Topliss-reactive ketones (excluding diaryl/α,β-unsaturated/α-hetero) is 1. The molecule has 33 heavy (non-hydrogen) atoms. The Morgan fingerprint density at radius 2 is 1.64 bits per heavy atom. The van der Waals surface area contributed by atoms with Crippen LogP contribution in [0.1, 0.15) is 56.6 Å². The van der Waals surface area contributed by atoms with Gasteiger partial charge in [-0.2, -0.15) is 0 Å². The highest BCUT2D eigenvalue weighted by Crippen LogP contribution is 2.46. The lowest BCUT2D eigenvalue weighted by molar-refractivity contribution is -0.139. The Bertz CT molecular complexity index is 1100. The molecule has 6 heteroatoms. The Kier molecular flexibility index (Phi) is 6.99. The molecular formula is C27H28ClNO4. The number of rotatable bonds is 6. The van der Waals surface area contributed by atoms with Crippen molar-refractivity contribution in [3.63, 3.8) is 0 Å². The zero-order chi connectivity index (χ0) is 23.5. The van der Waals surface area contributed by atoms with Gasteiger partial charge in [-0.1, -0.05) is 35.9 Å². The lowest BCUT2D eigenvalue weighted by atomic mass is 9.66. The zero-order valence-corrected chi connectivity index (χ0v) is 19.9. The number of ether oxygens (including phenoxy) is 2. The van der Waals surface area contributed by atoms with Gasteiger partial charge in [0.05, 0.1) is 24.7 Å². The fourth-order valence-electron chi connectivity index (χ4n) is 4.92. The van der Waals surface area contributed by atoms with Crippen molar-refractivity contribution in [1.82, 2.24) is 0 Å². The Labute approximate surface area is 199 Å². The summed E-state index contributed by atoms with van der Waals surface area (Å²) in [6, 6.07) is 15.3. The summed E-state index contributed by atoms with van der Waals surface area (Å²) in [5.74, 6) is -0.428. The van der Waals surface area contributed by atoms with Crippen LogP contribution in [0.3, 0.4) is 0 Å². The predicted octanol–water partition coefficient (Wildman–Crippen LogP) is 5.88. The summed E-state index contributed by atoms with van der Waals surface area (Å²) in [5, 5.41) is 0.669. The number of aliphatic imine (C=N–C) groups is 1. The van der Waals surface area contributed by atoms with Crippen LogP contribution in [-0.4, -0.2) is 30.7 Å². The van der Waals surface area contributed by atoms with Gasteiger partial charge in [0.25, 0.3) is 0 Å². The van der Waals surface area contributed by atoms with E-state index in [1.807, 2.05) is 62.4 Å². The molecule has 4 rings (SSSR count). The van der Waals surface area contributed by atoms with E-state index in [9.17, 15) is 9.59 Å². The number of halogens is 1. The minimum Gasteiger partial charge on any atom is -0.494 e. The van der Waals surface area contributed by atoms with Gasteiger partial charge in [0.15, 0.2) is 0 Å². The van der Waals surface area contributed by atoms with Gasteiger partial charge in [0, 0.05) is 28.8 Å². The van der Waals surface area contributed by atoms with Crippen LogP contribution in [0.5, 0.6) is 5.75 Å². The third-order valence-electron chi connectivity index (χ3n) is 6.34. The van der Waals surface area contributed by atoms with Crippen LogP contribution >= 0.6 is 11.6 Å². The quantitative estimate of drug-likeness (QED) is 0.500. The number of carbonyl (C=O) groups is 2. The van der Waals surface area contributed by atoms with E-state index in [0.717, 1.165) is 22.6 Å². The second-order valence-corrected chi connectivity index (χ2v) is 8.84. The van der Waals surface area contributed by atoms with Crippen LogP contribution in [-0.2, 0) is 14.3 Å². The highest BCUT2D eigenvalue weighted by Gasteiger charge is 2.46. The first kappa shape index (κ1) is 23.2. The largest absolute Gasteiger partial charge is 0.494 e. The average molecular weight is 466 g/mol. The standard InChI is InChI=1S/C27H28ClNO4/c1-4-32-21-12-8-18(9-13-21)25-24(27(31)33-5-2)16(3)29-22-14-19(15-23(30)26(22)25)17-6-10-20(28)11-7-17/h6-13,19,25-26H,4-5,14-15H2,1-3H3/t19-,25+,26?/m1/s1. The van der Waals surface area contributed by atoms with E-state index in [2.05, 4.69) is 0 Å². The molecule has 172 valence electrons. The first-order valence-corrected chi connectivity index (χ1v) is 11.8. The molecule has 2 aliphatic rings. The number of hydrogen-bond donors (Lipinski definition) is 0. The van der Waals surface area contributed by atoms with E-state index in [1.54, 1.807) is 6.92 Å². The highest BCUT2D eigenvalue weighted by atomic mass is 35.5. The minimum atomic E-state index is -0.477. The second-order valence-electron chi connectivity index (χ2n) is 8.40. The van der Waals surface area contributed by atoms with Gasteiger partial charge in [-0.05, 0) is 68.5 Å². The van der Waals surface area contributed by atoms with Crippen molar-refractivity contribution >= 4 is 29.1 Å². The highest BCUT2D eigenvalue weighted by molar-refractivity contribution is 6.30. The lowest BCUT2D eigenvalue weighted by Gasteiger charge is -2.38. The smallest absolute Gasteiger partial charge is 0.336 e.